The largest absolute Gasteiger partial charge is 0.371 e. The molecule has 0 radical (unpaired) electrons. The van der Waals surface area contributed by atoms with Gasteiger partial charge in [0.05, 0.1) is 0 Å². The molecule has 3 heterocycles. The van der Waals surface area contributed by atoms with E-state index in [9.17, 15) is 9.59 Å². The Balaban J connectivity index is 1.24. The molecule has 1 aromatic rings. The van der Waals surface area contributed by atoms with E-state index in [-0.39, 0.29) is 22.5 Å². The molecule has 4 rings (SSSR count). The molecule has 0 bridgehead atoms. The van der Waals surface area contributed by atoms with E-state index in [0.717, 1.165) is 0 Å². The number of rotatable bonds is 9. The highest BCUT2D eigenvalue weighted by atomic mass is 32.1. The lowest BCUT2D eigenvalue weighted by Gasteiger charge is -2.37. The molecule has 3 aliphatic heterocycles. The summed E-state index contributed by atoms with van der Waals surface area (Å²) in [7, 11) is 0. The SMILES string of the molecule is CCN1C(=O)C(=C/C=C/C=C/C=C/C=C/C=C/C=C/c2cc3c4c(c2)CCCN4CCC3)C(=O)N(CC)C1=S. The summed E-state index contributed by atoms with van der Waals surface area (Å²) in [5.41, 5.74) is 5.96. The van der Waals surface area contributed by atoms with Crippen LogP contribution in [-0.2, 0) is 22.4 Å². The van der Waals surface area contributed by atoms with Crippen molar-refractivity contribution in [3.05, 3.63) is 107 Å². The molecule has 1 saturated heterocycles. The maximum Gasteiger partial charge on any atom is 0.265 e. The van der Waals surface area contributed by atoms with E-state index in [1.54, 1.807) is 18.2 Å². The minimum absolute atomic E-state index is 0.129. The molecular formula is C33H37N3O2S. The predicted octanol–water partition coefficient (Wildman–Crippen LogP) is 6.10. The quantitative estimate of drug-likeness (QED) is 0.165. The number of carbonyl (C=O) groups excluding carboxylic acids is 2. The molecule has 0 saturated carbocycles. The van der Waals surface area contributed by atoms with Gasteiger partial charge in [-0.15, -0.1) is 0 Å². The van der Waals surface area contributed by atoms with Crippen LogP contribution >= 0.6 is 12.2 Å². The van der Waals surface area contributed by atoms with Crippen LogP contribution < -0.4 is 4.90 Å². The lowest BCUT2D eigenvalue weighted by molar-refractivity contribution is -0.133. The minimum atomic E-state index is -0.345. The average Bonchev–Trinajstić information content (AvgIpc) is 2.93. The van der Waals surface area contributed by atoms with Crippen LogP contribution in [0.3, 0.4) is 0 Å². The van der Waals surface area contributed by atoms with Gasteiger partial charge in [0.1, 0.15) is 5.57 Å². The topological polar surface area (TPSA) is 43.9 Å². The number of carbonyl (C=O) groups is 2. The summed E-state index contributed by atoms with van der Waals surface area (Å²) in [6.07, 6.45) is 29.9. The fourth-order valence-corrected chi connectivity index (χ4v) is 5.65. The molecule has 1 fully saturated rings. The Labute approximate surface area is 237 Å². The molecule has 2 amide bonds. The van der Waals surface area contributed by atoms with Gasteiger partial charge in [0.2, 0.25) is 0 Å². The first kappa shape index (κ1) is 28.2. The standard InChI is InChI=1S/C33H37N3O2S/c1-3-35-31(37)29(32(38)36(4-2)33(35)39)21-15-13-11-9-7-5-6-8-10-12-14-18-26-24-27-19-16-22-34-23-17-20-28(25-26)30(27)34/h5-15,18,21,24-25H,3-4,16-17,19-20,22-23H2,1-2H3/b7-5+,8-6+,11-9+,12-10+,15-13+,18-14+. The maximum atomic E-state index is 12.6. The number of thiocarbonyl (C=S) groups is 1. The molecule has 0 unspecified atom stereocenters. The summed E-state index contributed by atoms with van der Waals surface area (Å²) in [5.74, 6) is -0.690. The Morgan fingerprint density at radius 2 is 1.18 bits per heavy atom. The number of allylic oxidation sites excluding steroid dienone is 12. The van der Waals surface area contributed by atoms with E-state index < -0.39 is 0 Å². The van der Waals surface area contributed by atoms with Gasteiger partial charge >= 0.3 is 0 Å². The van der Waals surface area contributed by atoms with Crippen molar-refractivity contribution in [3.63, 3.8) is 0 Å². The van der Waals surface area contributed by atoms with Crippen molar-refractivity contribution in [2.45, 2.75) is 39.5 Å². The van der Waals surface area contributed by atoms with Crippen molar-refractivity contribution >= 4 is 40.9 Å². The van der Waals surface area contributed by atoms with Crippen molar-refractivity contribution in [2.24, 2.45) is 0 Å². The zero-order valence-corrected chi connectivity index (χ0v) is 23.7. The zero-order chi connectivity index (χ0) is 27.6. The molecule has 39 heavy (non-hydrogen) atoms. The third-order valence-electron chi connectivity index (χ3n) is 7.06. The average molecular weight is 540 g/mol. The Morgan fingerprint density at radius 3 is 1.67 bits per heavy atom. The zero-order valence-electron chi connectivity index (χ0n) is 22.9. The minimum Gasteiger partial charge on any atom is -0.371 e. The van der Waals surface area contributed by atoms with Crippen LogP contribution in [0.1, 0.15) is 43.4 Å². The van der Waals surface area contributed by atoms with Crippen molar-refractivity contribution < 1.29 is 9.59 Å². The first-order valence-electron chi connectivity index (χ1n) is 13.8. The van der Waals surface area contributed by atoms with Crippen molar-refractivity contribution in [3.8, 4) is 0 Å². The van der Waals surface area contributed by atoms with Crippen LogP contribution in [0.4, 0.5) is 5.69 Å². The van der Waals surface area contributed by atoms with Crippen LogP contribution in [0.2, 0.25) is 0 Å². The normalized spacial score (nSPS) is 18.5. The number of benzene rings is 1. The van der Waals surface area contributed by atoms with Crippen molar-refractivity contribution in [2.75, 3.05) is 31.1 Å². The van der Waals surface area contributed by atoms with Crippen LogP contribution in [0.15, 0.2) is 90.6 Å². The summed E-state index contributed by atoms with van der Waals surface area (Å²) >= 11 is 5.27. The molecule has 0 N–H and O–H groups in total. The lowest BCUT2D eigenvalue weighted by atomic mass is 9.90. The molecule has 0 atom stereocenters. The lowest BCUT2D eigenvalue weighted by Crippen LogP contribution is -2.55. The fraction of sp³-hybridized carbons (Fsp3) is 0.303. The molecule has 0 spiro atoms. The number of hydrogen-bond acceptors (Lipinski definition) is 4. The van der Waals surface area contributed by atoms with Crippen LogP contribution in [-0.4, -0.2) is 52.9 Å². The number of likely N-dealkylation sites (N-methyl/N-ethyl adjacent to an activating group) is 2. The fourth-order valence-electron chi connectivity index (χ4n) is 5.22. The second-order valence-corrected chi connectivity index (χ2v) is 9.99. The Hall–Kier alpha value is -3.77. The second-order valence-electron chi connectivity index (χ2n) is 9.63. The number of anilines is 1. The maximum absolute atomic E-state index is 12.6. The highest BCUT2D eigenvalue weighted by Crippen LogP contribution is 2.36. The molecule has 5 nitrogen and oxygen atoms in total. The van der Waals surface area contributed by atoms with Crippen molar-refractivity contribution in [1.29, 1.82) is 0 Å². The van der Waals surface area contributed by atoms with Gasteiger partial charge < -0.3 is 4.90 Å². The third-order valence-corrected chi connectivity index (χ3v) is 7.50. The summed E-state index contributed by atoms with van der Waals surface area (Å²) < 4.78 is 0. The van der Waals surface area contributed by atoms with E-state index in [1.165, 1.54) is 71.0 Å². The highest BCUT2D eigenvalue weighted by Gasteiger charge is 2.37. The van der Waals surface area contributed by atoms with Gasteiger partial charge in [0.15, 0.2) is 5.11 Å². The van der Waals surface area contributed by atoms with E-state index in [2.05, 4.69) is 29.2 Å². The van der Waals surface area contributed by atoms with Gasteiger partial charge in [0.25, 0.3) is 11.8 Å². The van der Waals surface area contributed by atoms with Crippen LogP contribution in [0.5, 0.6) is 0 Å². The molecule has 202 valence electrons. The molecular weight excluding hydrogens is 502 g/mol. The van der Waals surface area contributed by atoms with Crippen molar-refractivity contribution in [1.82, 2.24) is 9.80 Å². The first-order valence-corrected chi connectivity index (χ1v) is 14.3. The van der Waals surface area contributed by atoms with Gasteiger partial charge in [0, 0.05) is 31.9 Å². The third kappa shape index (κ3) is 6.82. The Morgan fingerprint density at radius 1 is 0.718 bits per heavy atom. The van der Waals surface area contributed by atoms with Gasteiger partial charge in [-0.1, -0.05) is 72.9 Å². The van der Waals surface area contributed by atoms with Gasteiger partial charge in [-0.3, -0.25) is 19.4 Å². The molecule has 1 aromatic carbocycles. The predicted molar refractivity (Wildman–Crippen MR) is 165 cm³/mol. The van der Waals surface area contributed by atoms with E-state index in [0.29, 0.717) is 13.1 Å². The number of aryl methyl sites for hydroxylation is 2. The van der Waals surface area contributed by atoms with Crippen LogP contribution in [0.25, 0.3) is 6.08 Å². The highest BCUT2D eigenvalue weighted by molar-refractivity contribution is 7.80. The van der Waals surface area contributed by atoms with Gasteiger partial charge in [-0.2, -0.15) is 0 Å². The number of hydrogen-bond donors (Lipinski definition) is 0. The smallest absolute Gasteiger partial charge is 0.265 e. The summed E-state index contributed by atoms with van der Waals surface area (Å²) in [5, 5.41) is 0.274. The van der Waals surface area contributed by atoms with E-state index >= 15 is 0 Å². The summed E-state index contributed by atoms with van der Waals surface area (Å²) in [6, 6.07) is 4.72. The molecule has 0 aliphatic carbocycles. The first-order chi connectivity index (χ1) is 19.0. The molecule has 3 aliphatic rings. The molecule has 0 aromatic heterocycles. The summed E-state index contributed by atoms with van der Waals surface area (Å²) in [6.45, 7) is 6.97. The van der Waals surface area contributed by atoms with Gasteiger partial charge in [-0.25, -0.2) is 0 Å². The number of nitrogens with zero attached hydrogens (tertiary/aromatic N) is 3. The Kier molecular flexibility index (Phi) is 10.0. The second kappa shape index (κ2) is 13.9. The molecule has 6 heteroatoms. The monoisotopic (exact) mass is 539 g/mol. The Bertz CT molecular complexity index is 1250. The van der Waals surface area contributed by atoms with E-state index in [1.807, 2.05) is 62.5 Å². The number of amides is 2. The van der Waals surface area contributed by atoms with E-state index in [4.69, 9.17) is 12.2 Å². The summed E-state index contributed by atoms with van der Waals surface area (Å²) in [4.78, 5) is 30.6. The van der Waals surface area contributed by atoms with Gasteiger partial charge in [-0.05, 0) is 86.6 Å². The van der Waals surface area contributed by atoms with Crippen LogP contribution in [0, 0.1) is 0 Å².